The van der Waals surface area contributed by atoms with E-state index in [4.69, 9.17) is 4.74 Å². The van der Waals surface area contributed by atoms with Gasteiger partial charge in [0.2, 0.25) is 5.91 Å². The first-order valence-corrected chi connectivity index (χ1v) is 8.42. The minimum absolute atomic E-state index is 0.0350. The van der Waals surface area contributed by atoms with E-state index >= 15 is 0 Å². The predicted molar refractivity (Wildman–Crippen MR) is 91.6 cm³/mol. The van der Waals surface area contributed by atoms with Gasteiger partial charge in [-0.05, 0) is 38.0 Å². The Balaban J connectivity index is 1.69. The predicted octanol–water partition coefficient (Wildman–Crippen LogP) is 4.15. The molecule has 0 bridgehead atoms. The molecule has 0 spiro atoms. The van der Waals surface area contributed by atoms with Gasteiger partial charge in [-0.25, -0.2) is 8.78 Å². The maximum Gasteiger partial charge on any atom is 0.220 e. The number of rotatable bonds is 4. The minimum Gasteiger partial charge on any atom is -0.493 e. The minimum atomic E-state index is -0.615. The number of benzene rings is 2. The van der Waals surface area contributed by atoms with Gasteiger partial charge in [0.15, 0.2) is 0 Å². The van der Waals surface area contributed by atoms with E-state index in [0.29, 0.717) is 13.0 Å². The van der Waals surface area contributed by atoms with E-state index in [1.165, 1.54) is 18.2 Å². The molecule has 0 saturated carbocycles. The van der Waals surface area contributed by atoms with Crippen LogP contribution in [0.2, 0.25) is 0 Å². The van der Waals surface area contributed by atoms with Crippen LogP contribution in [-0.2, 0) is 11.2 Å². The molecule has 132 valence electrons. The highest BCUT2D eigenvalue weighted by Gasteiger charge is 2.24. The molecule has 0 fully saturated rings. The van der Waals surface area contributed by atoms with Crippen LogP contribution in [0.15, 0.2) is 30.3 Å². The molecular weight excluding hydrogens is 324 g/mol. The third-order valence-corrected chi connectivity index (χ3v) is 4.48. The lowest BCUT2D eigenvalue weighted by molar-refractivity contribution is -0.122. The van der Waals surface area contributed by atoms with Gasteiger partial charge in [-0.3, -0.25) is 4.79 Å². The normalized spacial score (nSPS) is 16.1. The fourth-order valence-corrected chi connectivity index (χ4v) is 3.30. The van der Waals surface area contributed by atoms with Crippen LogP contribution in [-0.4, -0.2) is 12.5 Å². The first kappa shape index (κ1) is 17.4. The molecule has 3 rings (SSSR count). The van der Waals surface area contributed by atoms with Crippen molar-refractivity contribution in [3.05, 3.63) is 64.2 Å². The average molecular weight is 345 g/mol. The van der Waals surface area contributed by atoms with Gasteiger partial charge in [0.1, 0.15) is 17.4 Å². The number of ether oxygens (including phenoxy) is 1. The molecule has 1 aliphatic heterocycles. The Labute approximate surface area is 146 Å². The third-order valence-electron chi connectivity index (χ3n) is 4.48. The van der Waals surface area contributed by atoms with Crippen molar-refractivity contribution >= 4 is 5.91 Å². The van der Waals surface area contributed by atoms with Crippen LogP contribution in [0.25, 0.3) is 0 Å². The first-order chi connectivity index (χ1) is 12.0. The molecule has 1 amide bonds. The topological polar surface area (TPSA) is 38.3 Å². The van der Waals surface area contributed by atoms with Gasteiger partial charge in [-0.1, -0.05) is 23.8 Å². The van der Waals surface area contributed by atoms with Gasteiger partial charge in [-0.2, -0.15) is 0 Å². The maximum atomic E-state index is 13.7. The summed E-state index contributed by atoms with van der Waals surface area (Å²) >= 11 is 0. The molecule has 3 nitrogen and oxygen atoms in total. The molecule has 25 heavy (non-hydrogen) atoms. The lowest BCUT2D eigenvalue weighted by atomic mass is 9.95. The summed E-state index contributed by atoms with van der Waals surface area (Å²) in [6.07, 6.45) is 0.748. The molecule has 0 saturated heterocycles. The van der Waals surface area contributed by atoms with Gasteiger partial charge in [-0.15, -0.1) is 0 Å². The van der Waals surface area contributed by atoms with Crippen molar-refractivity contribution in [2.45, 2.75) is 39.2 Å². The van der Waals surface area contributed by atoms with E-state index in [2.05, 4.69) is 5.32 Å². The van der Waals surface area contributed by atoms with Crippen molar-refractivity contribution < 1.29 is 18.3 Å². The molecular formula is C20H21F2NO2. The summed E-state index contributed by atoms with van der Waals surface area (Å²) < 4.78 is 33.0. The summed E-state index contributed by atoms with van der Waals surface area (Å²) in [4.78, 5) is 12.3. The van der Waals surface area contributed by atoms with Crippen molar-refractivity contribution in [1.29, 1.82) is 0 Å². The SMILES string of the molecule is Cc1cc(C)c2c(c1)C(NC(=O)CCc1c(F)cccc1F)CCO2. The lowest BCUT2D eigenvalue weighted by Gasteiger charge is -2.28. The van der Waals surface area contributed by atoms with E-state index in [0.717, 1.165) is 22.4 Å². The van der Waals surface area contributed by atoms with E-state index in [1.54, 1.807) is 0 Å². The Kier molecular flexibility index (Phi) is 5.02. The zero-order valence-corrected chi connectivity index (χ0v) is 14.4. The van der Waals surface area contributed by atoms with E-state index in [-0.39, 0.29) is 30.4 Å². The molecule has 1 N–H and O–H groups in total. The number of aryl methyl sites for hydroxylation is 2. The smallest absolute Gasteiger partial charge is 0.220 e. The fraction of sp³-hybridized carbons (Fsp3) is 0.350. The largest absolute Gasteiger partial charge is 0.493 e. The highest BCUT2D eigenvalue weighted by atomic mass is 19.1. The van der Waals surface area contributed by atoms with Gasteiger partial charge >= 0.3 is 0 Å². The zero-order chi connectivity index (χ0) is 18.0. The molecule has 1 unspecified atom stereocenters. The average Bonchev–Trinajstić information content (AvgIpc) is 2.55. The number of fused-ring (bicyclic) bond motifs is 1. The molecule has 0 aliphatic carbocycles. The Morgan fingerprint density at radius 2 is 1.96 bits per heavy atom. The van der Waals surface area contributed by atoms with Gasteiger partial charge in [0.25, 0.3) is 0 Å². The molecule has 1 atom stereocenters. The number of carbonyl (C=O) groups excluding carboxylic acids is 1. The Bertz CT molecular complexity index is 784. The van der Waals surface area contributed by atoms with Crippen molar-refractivity contribution in [2.24, 2.45) is 0 Å². The van der Waals surface area contributed by atoms with Crippen LogP contribution in [0.4, 0.5) is 8.78 Å². The van der Waals surface area contributed by atoms with E-state index < -0.39 is 11.6 Å². The van der Waals surface area contributed by atoms with Crippen molar-refractivity contribution in [3.63, 3.8) is 0 Å². The standard InChI is InChI=1S/C20H21F2NO2/c1-12-10-13(2)20-15(11-12)18(8-9-25-20)23-19(24)7-6-14-16(21)4-3-5-17(14)22/h3-5,10-11,18H,6-9H2,1-2H3,(H,23,24). The zero-order valence-electron chi connectivity index (χ0n) is 14.4. The molecule has 0 radical (unpaired) electrons. The monoisotopic (exact) mass is 345 g/mol. The Morgan fingerprint density at radius 1 is 1.24 bits per heavy atom. The quantitative estimate of drug-likeness (QED) is 0.904. The van der Waals surface area contributed by atoms with Gasteiger partial charge in [0.05, 0.1) is 12.6 Å². The van der Waals surface area contributed by atoms with Crippen LogP contribution in [0, 0.1) is 25.5 Å². The summed E-state index contributed by atoms with van der Waals surface area (Å²) in [6.45, 7) is 4.52. The Morgan fingerprint density at radius 3 is 2.68 bits per heavy atom. The summed E-state index contributed by atoms with van der Waals surface area (Å²) in [6, 6.07) is 7.65. The highest BCUT2D eigenvalue weighted by molar-refractivity contribution is 5.77. The van der Waals surface area contributed by atoms with Crippen LogP contribution in [0.5, 0.6) is 5.75 Å². The van der Waals surface area contributed by atoms with Crippen molar-refractivity contribution in [3.8, 4) is 5.75 Å². The number of amides is 1. The number of hydrogen-bond acceptors (Lipinski definition) is 2. The second kappa shape index (κ2) is 7.21. The molecule has 0 aromatic heterocycles. The molecule has 1 heterocycles. The second-order valence-electron chi connectivity index (χ2n) is 6.46. The van der Waals surface area contributed by atoms with Crippen LogP contribution in [0.1, 0.15) is 41.1 Å². The van der Waals surface area contributed by atoms with Crippen molar-refractivity contribution in [2.75, 3.05) is 6.61 Å². The van der Waals surface area contributed by atoms with E-state index in [1.807, 2.05) is 26.0 Å². The van der Waals surface area contributed by atoms with Crippen LogP contribution in [0.3, 0.4) is 0 Å². The fourth-order valence-electron chi connectivity index (χ4n) is 3.30. The van der Waals surface area contributed by atoms with Crippen molar-refractivity contribution in [1.82, 2.24) is 5.32 Å². The first-order valence-electron chi connectivity index (χ1n) is 8.42. The Hall–Kier alpha value is -2.43. The summed E-state index contributed by atoms with van der Waals surface area (Å²) in [5, 5.41) is 2.97. The molecule has 1 aliphatic rings. The lowest BCUT2D eigenvalue weighted by Crippen LogP contribution is -2.32. The second-order valence-corrected chi connectivity index (χ2v) is 6.46. The highest BCUT2D eigenvalue weighted by Crippen LogP contribution is 2.35. The summed E-state index contributed by atoms with van der Waals surface area (Å²) in [5.41, 5.74) is 3.07. The number of carbonyl (C=O) groups is 1. The molecule has 5 heteroatoms. The number of halogens is 2. The van der Waals surface area contributed by atoms with E-state index in [9.17, 15) is 13.6 Å². The maximum absolute atomic E-state index is 13.7. The van der Waals surface area contributed by atoms with Crippen LogP contribution < -0.4 is 10.1 Å². The third kappa shape index (κ3) is 3.81. The van der Waals surface area contributed by atoms with Crippen LogP contribution >= 0.6 is 0 Å². The van der Waals surface area contributed by atoms with Gasteiger partial charge < -0.3 is 10.1 Å². The molecule has 2 aromatic rings. The van der Waals surface area contributed by atoms with Gasteiger partial charge in [0, 0.05) is 24.0 Å². The molecule has 2 aromatic carbocycles. The number of nitrogens with one attached hydrogen (secondary N) is 1. The summed E-state index contributed by atoms with van der Waals surface area (Å²) in [5.74, 6) is -0.632. The number of hydrogen-bond donors (Lipinski definition) is 1. The summed E-state index contributed by atoms with van der Waals surface area (Å²) in [7, 11) is 0.